The number of carbonyl (C=O) groups is 1. The zero-order valence-corrected chi connectivity index (χ0v) is 15.8. The third-order valence-electron chi connectivity index (χ3n) is 3.31. The minimum Gasteiger partial charge on any atom is -0.352 e. The highest BCUT2D eigenvalue weighted by Gasteiger charge is 2.29. The third-order valence-corrected chi connectivity index (χ3v) is 6.94. The molecular formula is C17H19N3OS3. The summed E-state index contributed by atoms with van der Waals surface area (Å²) in [5, 5.41) is 11.2. The average Bonchev–Trinajstić information content (AvgIpc) is 3.27. The molecule has 0 aliphatic heterocycles. The highest BCUT2D eigenvalue weighted by atomic mass is 32.2. The van der Waals surface area contributed by atoms with Gasteiger partial charge < -0.3 is 5.32 Å². The van der Waals surface area contributed by atoms with Crippen molar-refractivity contribution in [2.75, 3.05) is 5.75 Å². The van der Waals surface area contributed by atoms with E-state index < -0.39 is 0 Å². The van der Waals surface area contributed by atoms with Gasteiger partial charge in [-0.15, -0.1) is 10.2 Å². The van der Waals surface area contributed by atoms with Gasteiger partial charge in [0.05, 0.1) is 0 Å². The molecule has 7 heteroatoms. The Morgan fingerprint density at radius 1 is 1.33 bits per heavy atom. The first kappa shape index (κ1) is 17.5. The van der Waals surface area contributed by atoms with Crippen molar-refractivity contribution in [3.63, 3.8) is 0 Å². The lowest BCUT2D eigenvalue weighted by atomic mass is 10.1. The van der Waals surface area contributed by atoms with E-state index in [1.165, 1.54) is 23.1 Å². The molecule has 1 aromatic carbocycles. The minimum atomic E-state index is -0.293. The summed E-state index contributed by atoms with van der Waals surface area (Å²) in [6, 6.07) is 10.2. The van der Waals surface area contributed by atoms with Crippen LogP contribution in [-0.4, -0.2) is 27.9 Å². The van der Waals surface area contributed by atoms with Gasteiger partial charge in [0.1, 0.15) is 5.25 Å². The second-order valence-electron chi connectivity index (χ2n) is 5.77. The number of benzene rings is 1. The van der Waals surface area contributed by atoms with Crippen molar-refractivity contribution < 1.29 is 4.79 Å². The summed E-state index contributed by atoms with van der Waals surface area (Å²) in [7, 11) is 0. The topological polar surface area (TPSA) is 54.9 Å². The molecular weight excluding hydrogens is 358 g/mol. The van der Waals surface area contributed by atoms with Crippen molar-refractivity contribution in [2.24, 2.45) is 0 Å². The van der Waals surface area contributed by atoms with E-state index in [0.717, 1.165) is 38.4 Å². The monoisotopic (exact) mass is 377 g/mol. The van der Waals surface area contributed by atoms with E-state index in [9.17, 15) is 4.79 Å². The molecule has 0 bridgehead atoms. The van der Waals surface area contributed by atoms with Crippen LogP contribution >= 0.6 is 34.9 Å². The summed E-state index contributed by atoms with van der Waals surface area (Å²) in [4.78, 5) is 12.6. The highest BCUT2D eigenvalue weighted by Crippen LogP contribution is 2.39. The van der Waals surface area contributed by atoms with Crippen LogP contribution in [-0.2, 0) is 4.79 Å². The number of amides is 1. The smallest absolute Gasteiger partial charge is 0.238 e. The Hall–Kier alpha value is -1.31. The van der Waals surface area contributed by atoms with Gasteiger partial charge in [0.15, 0.2) is 8.68 Å². The quantitative estimate of drug-likeness (QED) is 0.548. The van der Waals surface area contributed by atoms with Crippen LogP contribution in [0.3, 0.4) is 0 Å². The molecule has 4 nitrogen and oxygen atoms in total. The largest absolute Gasteiger partial charge is 0.352 e. The predicted molar refractivity (Wildman–Crippen MR) is 102 cm³/mol. The van der Waals surface area contributed by atoms with Crippen molar-refractivity contribution >= 4 is 40.8 Å². The van der Waals surface area contributed by atoms with Crippen molar-refractivity contribution in [3.05, 3.63) is 48.0 Å². The van der Waals surface area contributed by atoms with Gasteiger partial charge in [0, 0.05) is 11.8 Å². The van der Waals surface area contributed by atoms with E-state index in [1.807, 2.05) is 37.3 Å². The molecule has 1 heterocycles. The van der Waals surface area contributed by atoms with Crippen LogP contribution < -0.4 is 5.32 Å². The zero-order chi connectivity index (χ0) is 16.9. The van der Waals surface area contributed by atoms with E-state index in [0.29, 0.717) is 6.04 Å². The average molecular weight is 378 g/mol. The molecule has 1 aliphatic rings. The Bertz CT molecular complexity index is 713. The first-order chi connectivity index (χ1) is 11.6. The van der Waals surface area contributed by atoms with Crippen LogP contribution in [0.25, 0.3) is 0 Å². The first-order valence-electron chi connectivity index (χ1n) is 7.74. The van der Waals surface area contributed by atoms with E-state index in [-0.39, 0.29) is 11.2 Å². The fraction of sp³-hybridized carbons (Fsp3) is 0.353. The van der Waals surface area contributed by atoms with Gasteiger partial charge in [-0.25, -0.2) is 0 Å². The second-order valence-corrected chi connectivity index (χ2v) is 9.32. The number of rotatable bonds is 8. The van der Waals surface area contributed by atoms with Gasteiger partial charge in [-0.05, 0) is 25.3 Å². The van der Waals surface area contributed by atoms with Gasteiger partial charge in [-0.3, -0.25) is 4.79 Å². The Morgan fingerprint density at radius 3 is 2.71 bits per heavy atom. The number of hydrogen-bond acceptors (Lipinski definition) is 6. The Kier molecular flexibility index (Phi) is 5.97. The molecule has 1 aliphatic carbocycles. The van der Waals surface area contributed by atoms with Crippen LogP contribution in [0.15, 0.2) is 51.2 Å². The molecule has 0 spiro atoms. The van der Waals surface area contributed by atoms with E-state index in [1.54, 1.807) is 11.8 Å². The zero-order valence-electron chi connectivity index (χ0n) is 13.4. The molecule has 2 aromatic rings. The van der Waals surface area contributed by atoms with Crippen molar-refractivity contribution in [1.29, 1.82) is 0 Å². The summed E-state index contributed by atoms with van der Waals surface area (Å²) in [5.41, 5.74) is 2.10. The molecule has 0 unspecified atom stereocenters. The minimum absolute atomic E-state index is 0.0556. The van der Waals surface area contributed by atoms with Crippen LogP contribution in [0.4, 0.5) is 0 Å². The van der Waals surface area contributed by atoms with Crippen molar-refractivity contribution in [3.8, 4) is 0 Å². The highest BCUT2D eigenvalue weighted by molar-refractivity contribution is 8.03. The number of aromatic nitrogens is 2. The summed E-state index contributed by atoms with van der Waals surface area (Å²) in [5.74, 6) is 0.892. The Labute approximate surface area is 154 Å². The molecule has 126 valence electrons. The summed E-state index contributed by atoms with van der Waals surface area (Å²) in [6.07, 6.45) is 2.16. The van der Waals surface area contributed by atoms with Crippen LogP contribution in [0, 0.1) is 0 Å². The molecule has 24 heavy (non-hydrogen) atoms. The maximum atomic E-state index is 12.6. The molecule has 1 aromatic heterocycles. The van der Waals surface area contributed by atoms with Gasteiger partial charge in [-0.1, -0.05) is 77.3 Å². The van der Waals surface area contributed by atoms with E-state index >= 15 is 0 Å². The van der Waals surface area contributed by atoms with E-state index in [4.69, 9.17) is 0 Å². The lowest BCUT2D eigenvalue weighted by molar-refractivity contribution is -0.120. The lowest BCUT2D eigenvalue weighted by Crippen LogP contribution is -2.29. The SMILES string of the molecule is C=C(C)CSc1nnc(S[C@@H](C(=O)NC2CC2)c2ccccc2)s1. The van der Waals surface area contributed by atoms with Crippen LogP contribution in [0.5, 0.6) is 0 Å². The third kappa shape index (κ3) is 5.09. The molecule has 1 fully saturated rings. The fourth-order valence-corrected chi connectivity index (χ4v) is 5.06. The van der Waals surface area contributed by atoms with E-state index in [2.05, 4.69) is 22.1 Å². The molecule has 0 saturated heterocycles. The Morgan fingerprint density at radius 2 is 2.04 bits per heavy atom. The number of thioether (sulfide) groups is 2. The maximum Gasteiger partial charge on any atom is 0.238 e. The first-order valence-corrected chi connectivity index (χ1v) is 10.4. The number of carbonyl (C=O) groups excluding carboxylic acids is 1. The predicted octanol–water partition coefficient (Wildman–Crippen LogP) is 4.32. The lowest BCUT2D eigenvalue weighted by Gasteiger charge is -2.15. The summed E-state index contributed by atoms with van der Waals surface area (Å²) >= 11 is 4.64. The van der Waals surface area contributed by atoms with Crippen molar-refractivity contribution in [2.45, 2.75) is 39.7 Å². The van der Waals surface area contributed by atoms with Gasteiger partial charge in [0.25, 0.3) is 0 Å². The standard InChI is InChI=1S/C17H19N3OS3/c1-11(2)10-22-16-19-20-17(24-16)23-14(12-6-4-3-5-7-12)15(21)18-13-8-9-13/h3-7,13-14H,1,8-10H2,2H3,(H,18,21)/t14-/m1/s1. The maximum absolute atomic E-state index is 12.6. The molecule has 1 saturated carbocycles. The number of hydrogen-bond donors (Lipinski definition) is 1. The molecule has 3 rings (SSSR count). The molecule has 1 atom stereocenters. The molecule has 0 radical (unpaired) electrons. The second kappa shape index (κ2) is 8.18. The number of nitrogens with zero attached hydrogens (tertiary/aromatic N) is 2. The normalized spacial score (nSPS) is 15.0. The molecule has 1 N–H and O–H groups in total. The van der Waals surface area contributed by atoms with Gasteiger partial charge in [0.2, 0.25) is 5.91 Å². The van der Waals surface area contributed by atoms with Crippen LogP contribution in [0.1, 0.15) is 30.6 Å². The molecule has 1 amide bonds. The van der Waals surface area contributed by atoms with Gasteiger partial charge >= 0.3 is 0 Å². The van der Waals surface area contributed by atoms with Crippen molar-refractivity contribution in [1.82, 2.24) is 15.5 Å². The Balaban J connectivity index is 1.71. The fourth-order valence-electron chi connectivity index (χ4n) is 1.99. The summed E-state index contributed by atoms with van der Waals surface area (Å²) in [6.45, 7) is 5.90. The van der Waals surface area contributed by atoms with Crippen LogP contribution in [0.2, 0.25) is 0 Å². The van der Waals surface area contributed by atoms with Gasteiger partial charge in [-0.2, -0.15) is 0 Å². The summed E-state index contributed by atoms with van der Waals surface area (Å²) < 4.78 is 1.73. The number of nitrogens with one attached hydrogen (secondary N) is 1.